The second-order valence-corrected chi connectivity index (χ2v) is 7.35. The van der Waals surface area contributed by atoms with E-state index in [9.17, 15) is 0 Å². The number of hydrogen-bond acceptors (Lipinski definition) is 6. The normalized spacial score (nSPS) is 10.8. The van der Waals surface area contributed by atoms with Crippen molar-refractivity contribution >= 4 is 38.6 Å². The van der Waals surface area contributed by atoms with Crippen LogP contribution in [0.2, 0.25) is 0 Å². The molecule has 3 aromatic rings. The molecule has 0 saturated carbocycles. The summed E-state index contributed by atoms with van der Waals surface area (Å²) in [7, 11) is 0. The van der Waals surface area contributed by atoms with Crippen molar-refractivity contribution in [3.63, 3.8) is 0 Å². The highest BCUT2D eigenvalue weighted by atomic mass is 79.9. The van der Waals surface area contributed by atoms with Crippen LogP contribution >= 0.6 is 27.3 Å². The molecule has 0 saturated heterocycles. The Hall–Kier alpha value is -2.64. The number of aromatic nitrogens is 1. The maximum Gasteiger partial charge on any atom is 0.203 e. The number of nitrogens with zero attached hydrogens (tertiary/aromatic N) is 2. The minimum absolute atomic E-state index is 0.404. The third-order valence-corrected chi connectivity index (χ3v) is 4.96. The average Bonchev–Trinajstić information content (AvgIpc) is 3.17. The third kappa shape index (κ3) is 5.21. The van der Waals surface area contributed by atoms with Gasteiger partial charge in [-0.3, -0.25) is 5.43 Å². The van der Waals surface area contributed by atoms with Gasteiger partial charge in [-0.05, 0) is 40.5 Å². The number of thiazole rings is 1. The highest BCUT2D eigenvalue weighted by Gasteiger charge is 2.11. The van der Waals surface area contributed by atoms with E-state index in [1.807, 2.05) is 54.8 Å². The molecule has 144 valence electrons. The summed E-state index contributed by atoms with van der Waals surface area (Å²) in [5.41, 5.74) is 5.85. The van der Waals surface area contributed by atoms with Crippen molar-refractivity contribution in [1.82, 2.24) is 4.98 Å². The summed E-state index contributed by atoms with van der Waals surface area (Å²) in [6.45, 7) is 6.55. The van der Waals surface area contributed by atoms with E-state index >= 15 is 0 Å². The first-order chi connectivity index (χ1) is 13.7. The third-order valence-electron chi connectivity index (χ3n) is 3.62. The molecule has 1 aromatic heterocycles. The Bertz CT molecular complexity index is 958. The fraction of sp³-hybridized carbons (Fsp3) is 0.143. The monoisotopic (exact) mass is 457 g/mol. The number of ether oxygens (including phenoxy) is 2. The van der Waals surface area contributed by atoms with E-state index in [0.29, 0.717) is 24.7 Å². The summed E-state index contributed by atoms with van der Waals surface area (Å²) in [5, 5.41) is 7.02. The Morgan fingerprint density at radius 1 is 1.25 bits per heavy atom. The molecule has 0 atom stereocenters. The van der Waals surface area contributed by atoms with Crippen LogP contribution in [0, 0.1) is 0 Å². The van der Waals surface area contributed by atoms with E-state index in [1.165, 1.54) is 11.3 Å². The summed E-state index contributed by atoms with van der Waals surface area (Å²) in [6.07, 6.45) is 3.41. The lowest BCUT2D eigenvalue weighted by atomic mass is 10.2. The van der Waals surface area contributed by atoms with Gasteiger partial charge >= 0.3 is 0 Å². The number of anilines is 1. The van der Waals surface area contributed by atoms with E-state index in [2.05, 4.69) is 38.0 Å². The van der Waals surface area contributed by atoms with Gasteiger partial charge in [0.15, 0.2) is 11.5 Å². The second kappa shape index (κ2) is 10.1. The summed E-state index contributed by atoms with van der Waals surface area (Å²) in [5.74, 6) is 1.31. The SMILES string of the molecule is C=CCOc1c(Br)cc(C=NNc2nc(-c3ccccc3)cs2)cc1OCC. The molecule has 0 bridgehead atoms. The van der Waals surface area contributed by atoms with Crippen LogP contribution in [0.3, 0.4) is 0 Å². The summed E-state index contributed by atoms with van der Waals surface area (Å²) < 4.78 is 12.2. The minimum atomic E-state index is 0.404. The van der Waals surface area contributed by atoms with Crippen molar-refractivity contribution in [3.8, 4) is 22.8 Å². The van der Waals surface area contributed by atoms with Gasteiger partial charge in [0, 0.05) is 10.9 Å². The molecule has 0 amide bonds. The first kappa shape index (κ1) is 20.1. The Labute approximate surface area is 176 Å². The molecule has 0 aliphatic heterocycles. The predicted molar refractivity (Wildman–Crippen MR) is 120 cm³/mol. The number of rotatable bonds is 9. The molecular weight excluding hydrogens is 438 g/mol. The molecular formula is C21H20BrN3O2S. The van der Waals surface area contributed by atoms with Crippen molar-refractivity contribution in [2.75, 3.05) is 18.6 Å². The van der Waals surface area contributed by atoms with Crippen molar-refractivity contribution < 1.29 is 9.47 Å². The number of halogens is 1. The largest absolute Gasteiger partial charge is 0.490 e. The van der Waals surface area contributed by atoms with Gasteiger partial charge in [-0.25, -0.2) is 4.98 Å². The van der Waals surface area contributed by atoms with Gasteiger partial charge in [-0.15, -0.1) is 11.3 Å². The molecule has 1 heterocycles. The Morgan fingerprint density at radius 2 is 2.07 bits per heavy atom. The van der Waals surface area contributed by atoms with Crippen LogP contribution in [0.15, 0.2) is 70.1 Å². The Kier molecular flexibility index (Phi) is 7.22. The van der Waals surface area contributed by atoms with Crippen molar-refractivity contribution in [3.05, 3.63) is 70.5 Å². The summed E-state index contributed by atoms with van der Waals surface area (Å²) in [6, 6.07) is 13.8. The van der Waals surface area contributed by atoms with Gasteiger partial charge in [-0.2, -0.15) is 5.10 Å². The van der Waals surface area contributed by atoms with Crippen LogP contribution in [-0.2, 0) is 0 Å². The van der Waals surface area contributed by atoms with Crippen LogP contribution in [0.25, 0.3) is 11.3 Å². The van der Waals surface area contributed by atoms with E-state index in [4.69, 9.17) is 9.47 Å². The molecule has 5 nitrogen and oxygen atoms in total. The van der Waals surface area contributed by atoms with E-state index in [-0.39, 0.29) is 0 Å². The minimum Gasteiger partial charge on any atom is -0.490 e. The molecule has 2 aromatic carbocycles. The Morgan fingerprint density at radius 3 is 2.82 bits per heavy atom. The van der Waals surface area contributed by atoms with Gasteiger partial charge in [0.25, 0.3) is 0 Å². The van der Waals surface area contributed by atoms with Gasteiger partial charge in [0.05, 0.1) is 23.0 Å². The number of hydrogen-bond donors (Lipinski definition) is 1. The smallest absolute Gasteiger partial charge is 0.203 e. The summed E-state index contributed by atoms with van der Waals surface area (Å²) in [4.78, 5) is 4.55. The van der Waals surface area contributed by atoms with Gasteiger partial charge in [0.2, 0.25) is 5.13 Å². The molecule has 0 aliphatic rings. The molecule has 1 N–H and O–H groups in total. The molecule has 3 rings (SSSR count). The predicted octanol–water partition coefficient (Wildman–Crippen LogP) is 5.98. The molecule has 0 fully saturated rings. The number of hydrazone groups is 1. The van der Waals surface area contributed by atoms with Crippen molar-refractivity contribution in [2.45, 2.75) is 6.92 Å². The molecule has 0 unspecified atom stereocenters. The van der Waals surface area contributed by atoms with Crippen LogP contribution in [0.1, 0.15) is 12.5 Å². The van der Waals surface area contributed by atoms with Crippen molar-refractivity contribution in [1.29, 1.82) is 0 Å². The Balaban J connectivity index is 1.72. The fourth-order valence-corrected chi connectivity index (χ4v) is 3.68. The zero-order valence-corrected chi connectivity index (χ0v) is 17.8. The van der Waals surface area contributed by atoms with Gasteiger partial charge in [-0.1, -0.05) is 43.0 Å². The first-order valence-corrected chi connectivity index (χ1v) is 10.4. The lowest BCUT2D eigenvalue weighted by molar-refractivity contribution is 0.295. The molecule has 0 spiro atoms. The molecule has 7 heteroatoms. The van der Waals surface area contributed by atoms with Crippen LogP contribution in [0.5, 0.6) is 11.5 Å². The highest BCUT2D eigenvalue weighted by molar-refractivity contribution is 9.10. The lowest BCUT2D eigenvalue weighted by Gasteiger charge is -2.13. The van der Waals surface area contributed by atoms with Crippen molar-refractivity contribution in [2.24, 2.45) is 5.10 Å². The maximum atomic E-state index is 5.69. The number of benzene rings is 2. The topological polar surface area (TPSA) is 55.7 Å². The van der Waals surface area contributed by atoms with E-state index < -0.39 is 0 Å². The van der Waals surface area contributed by atoms with E-state index in [1.54, 1.807) is 12.3 Å². The van der Waals surface area contributed by atoms with Gasteiger partial charge < -0.3 is 9.47 Å². The van der Waals surface area contributed by atoms with E-state index in [0.717, 1.165) is 26.4 Å². The lowest BCUT2D eigenvalue weighted by Crippen LogP contribution is -2.01. The van der Waals surface area contributed by atoms with Crippen LogP contribution in [-0.4, -0.2) is 24.4 Å². The summed E-state index contributed by atoms with van der Waals surface area (Å²) >= 11 is 5.04. The standard InChI is InChI=1S/C21H20BrN3O2S/c1-3-10-27-20-17(22)11-15(12-19(20)26-4-2)13-23-25-21-24-18(14-28-21)16-8-6-5-7-9-16/h3,5-9,11-14H,1,4,10H2,2H3,(H,24,25). The zero-order valence-electron chi connectivity index (χ0n) is 15.4. The quantitative estimate of drug-likeness (QED) is 0.243. The molecule has 0 aliphatic carbocycles. The maximum absolute atomic E-state index is 5.69. The first-order valence-electron chi connectivity index (χ1n) is 8.71. The molecule has 28 heavy (non-hydrogen) atoms. The van der Waals surface area contributed by atoms with Crippen LogP contribution < -0.4 is 14.9 Å². The number of nitrogens with one attached hydrogen (secondary N) is 1. The molecule has 0 radical (unpaired) electrons. The highest BCUT2D eigenvalue weighted by Crippen LogP contribution is 2.36. The van der Waals surface area contributed by atoms with Crippen LogP contribution in [0.4, 0.5) is 5.13 Å². The second-order valence-electron chi connectivity index (χ2n) is 5.64. The zero-order chi connectivity index (χ0) is 19.8. The van der Waals surface area contributed by atoms with Gasteiger partial charge in [0.1, 0.15) is 6.61 Å². The fourth-order valence-electron chi connectivity index (χ4n) is 2.44. The average molecular weight is 458 g/mol.